The molecule has 1 N–H and O–H groups in total. The molecule has 7 nitrogen and oxygen atoms in total. The summed E-state index contributed by atoms with van der Waals surface area (Å²) in [5.41, 5.74) is 3.46. The van der Waals surface area contributed by atoms with Gasteiger partial charge in [0.1, 0.15) is 12.7 Å². The zero-order valence-corrected chi connectivity index (χ0v) is 15.7. The van der Waals surface area contributed by atoms with Crippen LogP contribution in [0.15, 0.2) is 61.2 Å². The molecule has 2 aromatic heterocycles. The first-order valence-corrected chi connectivity index (χ1v) is 9.01. The predicted molar refractivity (Wildman–Crippen MR) is 107 cm³/mol. The van der Waals surface area contributed by atoms with Crippen LogP contribution in [0.1, 0.15) is 17.3 Å². The second kappa shape index (κ2) is 7.66. The lowest BCUT2D eigenvalue weighted by Crippen LogP contribution is -2.04. The highest BCUT2D eigenvalue weighted by molar-refractivity contribution is 6.30. The molecule has 0 spiro atoms. The number of carbonyl (C=O) groups is 1. The average Bonchev–Trinajstić information content (AvgIpc) is 3.14. The van der Waals surface area contributed by atoms with Gasteiger partial charge in [-0.2, -0.15) is 0 Å². The number of hydrogen-bond donors (Lipinski definition) is 1. The Balaban J connectivity index is 1.63. The van der Waals surface area contributed by atoms with Crippen LogP contribution < -0.4 is 5.32 Å². The van der Waals surface area contributed by atoms with Crippen LogP contribution in [0.3, 0.4) is 0 Å². The van der Waals surface area contributed by atoms with E-state index in [1.54, 1.807) is 37.5 Å². The molecular weight excluding hydrogens is 378 g/mol. The summed E-state index contributed by atoms with van der Waals surface area (Å²) in [5.74, 6) is 0.224. The Morgan fingerprint density at radius 3 is 2.54 bits per heavy atom. The first kappa shape index (κ1) is 17.9. The number of esters is 1. The number of hydrogen-bond acceptors (Lipinski definition) is 6. The zero-order chi connectivity index (χ0) is 19.5. The van der Waals surface area contributed by atoms with E-state index < -0.39 is 0 Å². The monoisotopic (exact) mass is 393 g/mol. The lowest BCUT2D eigenvalue weighted by molar-refractivity contribution is 0.0526. The molecule has 0 bridgehead atoms. The third-order valence-electron chi connectivity index (χ3n) is 4.10. The van der Waals surface area contributed by atoms with E-state index in [9.17, 15) is 4.79 Å². The van der Waals surface area contributed by atoms with E-state index in [1.807, 2.05) is 28.8 Å². The number of benzene rings is 2. The maximum Gasteiger partial charge on any atom is 0.338 e. The quantitative estimate of drug-likeness (QED) is 0.506. The van der Waals surface area contributed by atoms with Crippen molar-refractivity contribution in [3.05, 3.63) is 71.8 Å². The van der Waals surface area contributed by atoms with Crippen LogP contribution in [0.5, 0.6) is 0 Å². The minimum absolute atomic E-state index is 0.341. The van der Waals surface area contributed by atoms with E-state index in [1.165, 1.54) is 6.33 Å². The molecule has 0 atom stereocenters. The molecule has 2 heterocycles. The smallest absolute Gasteiger partial charge is 0.338 e. The second-order valence-electron chi connectivity index (χ2n) is 5.91. The van der Waals surface area contributed by atoms with E-state index >= 15 is 0 Å². The van der Waals surface area contributed by atoms with Crippen molar-refractivity contribution in [1.82, 2.24) is 19.5 Å². The average molecular weight is 394 g/mol. The molecule has 0 unspecified atom stereocenters. The number of fused-ring (bicyclic) bond motifs is 1. The highest BCUT2D eigenvalue weighted by Crippen LogP contribution is 2.24. The Morgan fingerprint density at radius 2 is 1.82 bits per heavy atom. The highest BCUT2D eigenvalue weighted by Gasteiger charge is 2.12. The van der Waals surface area contributed by atoms with E-state index in [4.69, 9.17) is 16.3 Å². The van der Waals surface area contributed by atoms with Crippen molar-refractivity contribution >= 4 is 40.2 Å². The van der Waals surface area contributed by atoms with Crippen molar-refractivity contribution in [1.29, 1.82) is 0 Å². The van der Waals surface area contributed by atoms with Crippen molar-refractivity contribution in [2.45, 2.75) is 6.92 Å². The standard InChI is InChI=1S/C20H16ClN5O2/c1-2-28-20(27)13-3-7-15(8-4-13)25-18-17-19(23-11-22-18)26(12-24-17)16-9-5-14(21)6-10-16/h3-12H,2H2,1H3,(H,22,23,25). The minimum Gasteiger partial charge on any atom is -0.462 e. The summed E-state index contributed by atoms with van der Waals surface area (Å²) >= 11 is 5.97. The molecule has 0 aliphatic heterocycles. The van der Waals surface area contributed by atoms with Gasteiger partial charge >= 0.3 is 5.97 Å². The Bertz CT molecular complexity index is 1120. The van der Waals surface area contributed by atoms with Crippen LogP contribution >= 0.6 is 11.6 Å². The number of halogens is 1. The van der Waals surface area contributed by atoms with Gasteiger partial charge in [-0.05, 0) is 55.5 Å². The number of nitrogens with one attached hydrogen (secondary N) is 1. The molecule has 0 radical (unpaired) electrons. The van der Waals surface area contributed by atoms with Gasteiger partial charge in [0.15, 0.2) is 17.0 Å². The molecule has 140 valence electrons. The van der Waals surface area contributed by atoms with Gasteiger partial charge in [-0.25, -0.2) is 19.7 Å². The Hall–Kier alpha value is -3.45. The molecule has 0 aliphatic rings. The van der Waals surface area contributed by atoms with Gasteiger partial charge in [-0.15, -0.1) is 0 Å². The molecule has 28 heavy (non-hydrogen) atoms. The molecule has 8 heteroatoms. The molecular formula is C20H16ClN5O2. The van der Waals surface area contributed by atoms with Gasteiger partial charge in [0.25, 0.3) is 0 Å². The van der Waals surface area contributed by atoms with E-state index in [-0.39, 0.29) is 5.97 Å². The summed E-state index contributed by atoms with van der Waals surface area (Å²) < 4.78 is 6.86. The topological polar surface area (TPSA) is 81.9 Å². The van der Waals surface area contributed by atoms with Gasteiger partial charge in [0, 0.05) is 16.4 Å². The number of nitrogens with zero attached hydrogens (tertiary/aromatic N) is 4. The van der Waals surface area contributed by atoms with Gasteiger partial charge in [-0.3, -0.25) is 4.57 Å². The first-order valence-electron chi connectivity index (χ1n) is 8.64. The SMILES string of the molecule is CCOC(=O)c1ccc(Nc2ncnc3c2ncn3-c2ccc(Cl)cc2)cc1. The summed E-state index contributed by atoms with van der Waals surface area (Å²) in [5, 5.41) is 3.88. The molecule has 0 saturated carbocycles. The van der Waals surface area contributed by atoms with Crippen molar-refractivity contribution < 1.29 is 9.53 Å². The molecule has 0 fully saturated rings. The summed E-state index contributed by atoms with van der Waals surface area (Å²) in [6.45, 7) is 2.12. The van der Waals surface area contributed by atoms with Crippen molar-refractivity contribution in [2.75, 3.05) is 11.9 Å². The highest BCUT2D eigenvalue weighted by atomic mass is 35.5. The fraction of sp³-hybridized carbons (Fsp3) is 0.100. The molecule has 4 rings (SSSR count). The third kappa shape index (κ3) is 3.52. The van der Waals surface area contributed by atoms with E-state index in [0.717, 1.165) is 11.4 Å². The number of imidazole rings is 1. The lowest BCUT2D eigenvalue weighted by Gasteiger charge is -2.08. The zero-order valence-electron chi connectivity index (χ0n) is 15.0. The molecule has 2 aromatic carbocycles. The maximum absolute atomic E-state index is 11.8. The van der Waals surface area contributed by atoms with Gasteiger partial charge in [-0.1, -0.05) is 11.6 Å². The number of anilines is 2. The fourth-order valence-electron chi connectivity index (χ4n) is 2.76. The van der Waals surface area contributed by atoms with E-state index in [2.05, 4.69) is 20.3 Å². The summed E-state index contributed by atoms with van der Waals surface area (Å²) in [7, 11) is 0. The van der Waals surface area contributed by atoms with Gasteiger partial charge in [0.05, 0.1) is 12.2 Å². The Kier molecular flexibility index (Phi) is 4.90. The van der Waals surface area contributed by atoms with Crippen LogP contribution in [0.4, 0.5) is 11.5 Å². The van der Waals surface area contributed by atoms with Crippen LogP contribution in [-0.2, 0) is 4.74 Å². The normalized spacial score (nSPS) is 10.8. The van der Waals surface area contributed by atoms with Crippen LogP contribution in [0.25, 0.3) is 16.9 Å². The number of ether oxygens (including phenoxy) is 1. The van der Waals surface area contributed by atoms with Crippen molar-refractivity contribution in [2.24, 2.45) is 0 Å². The lowest BCUT2D eigenvalue weighted by atomic mass is 10.2. The van der Waals surface area contributed by atoms with Gasteiger partial charge < -0.3 is 10.1 Å². The molecule has 0 amide bonds. The van der Waals surface area contributed by atoms with Crippen LogP contribution in [0.2, 0.25) is 5.02 Å². The summed E-state index contributed by atoms with van der Waals surface area (Å²) in [4.78, 5) is 24.9. The summed E-state index contributed by atoms with van der Waals surface area (Å²) in [6.07, 6.45) is 3.17. The molecule has 0 saturated heterocycles. The molecule has 0 aliphatic carbocycles. The third-order valence-corrected chi connectivity index (χ3v) is 4.35. The maximum atomic E-state index is 11.8. The van der Waals surface area contributed by atoms with Crippen molar-refractivity contribution in [3.63, 3.8) is 0 Å². The number of rotatable bonds is 5. The first-order chi connectivity index (χ1) is 13.7. The summed E-state index contributed by atoms with van der Waals surface area (Å²) in [6, 6.07) is 14.4. The van der Waals surface area contributed by atoms with Crippen molar-refractivity contribution in [3.8, 4) is 5.69 Å². The minimum atomic E-state index is -0.347. The fourth-order valence-corrected chi connectivity index (χ4v) is 2.88. The van der Waals surface area contributed by atoms with E-state index in [0.29, 0.717) is 34.2 Å². The second-order valence-corrected chi connectivity index (χ2v) is 6.34. The Morgan fingerprint density at radius 1 is 1.07 bits per heavy atom. The largest absolute Gasteiger partial charge is 0.462 e. The van der Waals surface area contributed by atoms with Crippen LogP contribution in [0, 0.1) is 0 Å². The van der Waals surface area contributed by atoms with Crippen LogP contribution in [-0.4, -0.2) is 32.1 Å². The molecule has 4 aromatic rings. The predicted octanol–water partition coefficient (Wildman–Crippen LogP) is 4.39. The number of aromatic nitrogens is 4. The Labute approximate surface area is 166 Å². The number of carbonyl (C=O) groups excluding carboxylic acids is 1. The van der Waals surface area contributed by atoms with Gasteiger partial charge in [0.2, 0.25) is 0 Å².